The fraction of sp³-hybridized carbons (Fsp3) is 0.706. The molecule has 0 aliphatic carbocycles. The van der Waals surface area contributed by atoms with Gasteiger partial charge < -0.3 is 14.7 Å². The smallest absolute Gasteiger partial charge is 0.171 e. The Morgan fingerprint density at radius 1 is 1.36 bits per heavy atom. The van der Waals surface area contributed by atoms with Crippen molar-refractivity contribution in [3.8, 4) is 5.75 Å². The topological polar surface area (TPSA) is 48.8 Å². The van der Waals surface area contributed by atoms with Crippen molar-refractivity contribution in [3.05, 3.63) is 18.3 Å². The minimum absolute atomic E-state index is 0.222. The summed E-state index contributed by atoms with van der Waals surface area (Å²) < 4.78 is 6.25. The lowest BCUT2D eigenvalue weighted by Gasteiger charge is -2.22. The van der Waals surface area contributed by atoms with Crippen LogP contribution in [0.15, 0.2) is 18.3 Å². The van der Waals surface area contributed by atoms with Gasteiger partial charge in [-0.3, -0.25) is 4.90 Å². The number of likely N-dealkylation sites (tertiary alicyclic amines) is 1. The van der Waals surface area contributed by atoms with Gasteiger partial charge >= 0.3 is 0 Å². The second kappa shape index (κ2) is 7.29. The molecule has 22 heavy (non-hydrogen) atoms. The first kappa shape index (κ1) is 15.6. The van der Waals surface area contributed by atoms with Crippen molar-refractivity contribution in [1.82, 2.24) is 9.88 Å². The van der Waals surface area contributed by atoms with Crippen molar-refractivity contribution in [1.29, 1.82) is 0 Å². The summed E-state index contributed by atoms with van der Waals surface area (Å²) in [6, 6.07) is 3.99. The van der Waals surface area contributed by atoms with E-state index in [0.717, 1.165) is 57.1 Å². The molecular formula is C17H27N3O2. The van der Waals surface area contributed by atoms with E-state index in [1.54, 1.807) is 0 Å². The Labute approximate surface area is 132 Å². The Balaban J connectivity index is 1.57. The van der Waals surface area contributed by atoms with Crippen LogP contribution in [0, 0.1) is 0 Å². The maximum absolute atomic E-state index is 9.40. The highest BCUT2D eigenvalue weighted by Crippen LogP contribution is 2.30. The first-order chi connectivity index (χ1) is 10.7. The molecule has 5 heteroatoms. The van der Waals surface area contributed by atoms with E-state index in [1.807, 2.05) is 25.3 Å². The van der Waals surface area contributed by atoms with Gasteiger partial charge in [-0.25, -0.2) is 4.98 Å². The van der Waals surface area contributed by atoms with Crippen LogP contribution < -0.4 is 9.64 Å². The minimum atomic E-state index is -0.222. The molecule has 122 valence electrons. The van der Waals surface area contributed by atoms with E-state index in [-0.39, 0.29) is 12.2 Å². The predicted octanol–water partition coefficient (Wildman–Crippen LogP) is 1.91. The zero-order valence-electron chi connectivity index (χ0n) is 13.4. The summed E-state index contributed by atoms with van der Waals surface area (Å²) in [6.45, 7) is 6.96. The van der Waals surface area contributed by atoms with Crippen LogP contribution in [0.25, 0.3) is 0 Å². The highest BCUT2D eigenvalue weighted by atomic mass is 16.5. The van der Waals surface area contributed by atoms with Gasteiger partial charge in [-0.05, 0) is 44.7 Å². The molecule has 5 nitrogen and oxygen atoms in total. The number of pyridine rings is 1. The molecule has 0 spiro atoms. The molecule has 3 rings (SSSR count). The van der Waals surface area contributed by atoms with Gasteiger partial charge in [0.1, 0.15) is 6.10 Å². The largest absolute Gasteiger partial charge is 0.485 e. The maximum Gasteiger partial charge on any atom is 0.171 e. The molecule has 0 amide bonds. The first-order valence-electron chi connectivity index (χ1n) is 8.49. The molecule has 1 N–H and O–H groups in total. The van der Waals surface area contributed by atoms with Gasteiger partial charge in [0.05, 0.1) is 6.10 Å². The van der Waals surface area contributed by atoms with Crippen molar-refractivity contribution >= 4 is 5.82 Å². The number of aliphatic hydroxyl groups excluding tert-OH is 1. The zero-order valence-corrected chi connectivity index (χ0v) is 13.4. The van der Waals surface area contributed by atoms with E-state index in [4.69, 9.17) is 4.74 Å². The second-order valence-corrected chi connectivity index (χ2v) is 6.49. The molecule has 2 saturated heterocycles. The van der Waals surface area contributed by atoms with Crippen LogP contribution in [0.3, 0.4) is 0 Å². The van der Waals surface area contributed by atoms with Crippen molar-refractivity contribution in [2.24, 2.45) is 0 Å². The Hall–Kier alpha value is -1.33. The number of ether oxygens (including phenoxy) is 1. The van der Waals surface area contributed by atoms with Crippen LogP contribution in [0.4, 0.5) is 5.82 Å². The van der Waals surface area contributed by atoms with Crippen LogP contribution in [-0.2, 0) is 0 Å². The molecular weight excluding hydrogens is 278 g/mol. The Morgan fingerprint density at radius 2 is 2.18 bits per heavy atom. The zero-order chi connectivity index (χ0) is 15.4. The summed E-state index contributed by atoms with van der Waals surface area (Å²) in [7, 11) is 0. The Kier molecular flexibility index (Phi) is 5.16. The number of anilines is 1. The van der Waals surface area contributed by atoms with E-state index in [9.17, 15) is 5.11 Å². The van der Waals surface area contributed by atoms with E-state index < -0.39 is 0 Å². The van der Waals surface area contributed by atoms with Gasteiger partial charge in [0, 0.05) is 38.9 Å². The highest BCUT2D eigenvalue weighted by molar-refractivity contribution is 5.52. The maximum atomic E-state index is 9.40. The van der Waals surface area contributed by atoms with Gasteiger partial charge in [0.2, 0.25) is 0 Å². The molecule has 1 aromatic rings. The molecule has 3 heterocycles. The standard InChI is InChI=1S/C17H27N3O2/c1-14(21)6-11-19-12-7-15(13-19)22-16-5-4-8-18-17(16)20-9-2-3-10-20/h4-5,8,14-15,21H,2-3,6-7,9-13H2,1H3/t14-,15-/m0/s1. The minimum Gasteiger partial charge on any atom is -0.485 e. The van der Waals surface area contributed by atoms with Gasteiger partial charge in [0.15, 0.2) is 11.6 Å². The Bertz CT molecular complexity index is 475. The average Bonchev–Trinajstić information content (AvgIpc) is 3.17. The fourth-order valence-electron chi connectivity index (χ4n) is 3.29. The SMILES string of the molecule is C[C@H](O)CCN1CC[C@H](Oc2cccnc2N2CCCC2)C1. The van der Waals surface area contributed by atoms with Crippen LogP contribution in [-0.4, -0.2) is 59.9 Å². The van der Waals surface area contributed by atoms with Crippen LogP contribution in [0.5, 0.6) is 5.75 Å². The molecule has 2 fully saturated rings. The molecule has 2 atom stereocenters. The molecule has 0 unspecified atom stereocenters. The molecule has 0 bridgehead atoms. The van der Waals surface area contributed by atoms with Gasteiger partial charge in [0.25, 0.3) is 0 Å². The molecule has 1 aromatic heterocycles. The number of aliphatic hydroxyl groups is 1. The fourth-order valence-corrected chi connectivity index (χ4v) is 3.29. The van der Waals surface area contributed by atoms with Crippen molar-refractivity contribution in [2.45, 2.75) is 44.8 Å². The summed E-state index contributed by atoms with van der Waals surface area (Å²) in [5, 5.41) is 9.40. The lowest BCUT2D eigenvalue weighted by molar-refractivity contribution is 0.155. The summed E-state index contributed by atoms with van der Waals surface area (Å²) >= 11 is 0. The lowest BCUT2D eigenvalue weighted by Crippen LogP contribution is -2.28. The van der Waals surface area contributed by atoms with E-state index in [0.29, 0.717) is 0 Å². The summed E-state index contributed by atoms with van der Waals surface area (Å²) in [5.74, 6) is 1.93. The monoisotopic (exact) mass is 305 g/mol. The van der Waals surface area contributed by atoms with Crippen molar-refractivity contribution in [3.63, 3.8) is 0 Å². The van der Waals surface area contributed by atoms with Crippen LogP contribution >= 0.6 is 0 Å². The average molecular weight is 305 g/mol. The summed E-state index contributed by atoms with van der Waals surface area (Å²) in [4.78, 5) is 9.24. The molecule has 2 aliphatic rings. The number of aromatic nitrogens is 1. The third kappa shape index (κ3) is 3.90. The van der Waals surface area contributed by atoms with E-state index in [2.05, 4.69) is 14.8 Å². The van der Waals surface area contributed by atoms with Crippen molar-refractivity contribution in [2.75, 3.05) is 37.6 Å². The second-order valence-electron chi connectivity index (χ2n) is 6.49. The van der Waals surface area contributed by atoms with Crippen LogP contribution in [0.2, 0.25) is 0 Å². The van der Waals surface area contributed by atoms with Crippen LogP contribution in [0.1, 0.15) is 32.6 Å². The molecule has 2 aliphatic heterocycles. The van der Waals surface area contributed by atoms with Gasteiger partial charge in [-0.15, -0.1) is 0 Å². The summed E-state index contributed by atoms with van der Waals surface area (Å²) in [5.41, 5.74) is 0. The molecule has 0 saturated carbocycles. The Morgan fingerprint density at radius 3 is 2.95 bits per heavy atom. The summed E-state index contributed by atoms with van der Waals surface area (Å²) in [6.07, 6.45) is 6.23. The first-order valence-corrected chi connectivity index (χ1v) is 8.49. The highest BCUT2D eigenvalue weighted by Gasteiger charge is 2.26. The van der Waals surface area contributed by atoms with Gasteiger partial charge in [-0.2, -0.15) is 0 Å². The predicted molar refractivity (Wildman–Crippen MR) is 87.5 cm³/mol. The van der Waals surface area contributed by atoms with Crippen molar-refractivity contribution < 1.29 is 9.84 Å². The number of nitrogens with zero attached hydrogens (tertiary/aromatic N) is 3. The number of hydrogen-bond acceptors (Lipinski definition) is 5. The molecule has 0 aromatic carbocycles. The van der Waals surface area contributed by atoms with Gasteiger partial charge in [-0.1, -0.05) is 0 Å². The normalized spacial score (nSPS) is 23.9. The number of rotatable bonds is 6. The van der Waals surface area contributed by atoms with E-state index in [1.165, 1.54) is 12.8 Å². The third-order valence-corrected chi connectivity index (χ3v) is 4.54. The lowest BCUT2D eigenvalue weighted by atomic mass is 10.3. The third-order valence-electron chi connectivity index (χ3n) is 4.54. The molecule has 0 radical (unpaired) electrons. The number of hydrogen-bond donors (Lipinski definition) is 1. The quantitative estimate of drug-likeness (QED) is 0.870. The van der Waals surface area contributed by atoms with E-state index >= 15 is 0 Å².